The van der Waals surface area contributed by atoms with Crippen molar-refractivity contribution in [1.82, 2.24) is 15.2 Å². The molecule has 42 heavy (non-hydrogen) atoms. The molecule has 13 heteroatoms. The largest absolute Gasteiger partial charge is 0.416 e. The van der Waals surface area contributed by atoms with E-state index in [0.717, 1.165) is 29.0 Å². The maximum Gasteiger partial charge on any atom is 0.416 e. The molecule has 0 radical (unpaired) electrons. The summed E-state index contributed by atoms with van der Waals surface area (Å²) in [6.07, 6.45) is 1.86. The van der Waals surface area contributed by atoms with Gasteiger partial charge < -0.3 is 32.7 Å². The first-order valence-electron chi connectivity index (χ1n) is 13.2. The number of carbonyl (C=O) groups is 3. The first-order chi connectivity index (χ1) is 19.8. The molecule has 1 aromatic heterocycles. The van der Waals surface area contributed by atoms with Crippen molar-refractivity contribution in [3.05, 3.63) is 72.1 Å². The van der Waals surface area contributed by atoms with Gasteiger partial charge in [0.2, 0.25) is 18.2 Å². The average Bonchev–Trinajstić information content (AvgIpc) is 3.30. The summed E-state index contributed by atoms with van der Waals surface area (Å²) in [5.74, 6) is -0.265. The highest BCUT2D eigenvalue weighted by molar-refractivity contribution is 5.83. The number of aromatic nitrogens is 1. The number of nitrogens with one attached hydrogen (secondary N) is 2. The molecule has 1 saturated heterocycles. The predicted molar refractivity (Wildman–Crippen MR) is 159 cm³/mol. The van der Waals surface area contributed by atoms with Gasteiger partial charge in [0.25, 0.3) is 0 Å². The van der Waals surface area contributed by atoms with E-state index in [2.05, 4.69) is 28.8 Å². The van der Waals surface area contributed by atoms with Crippen LogP contribution in [0, 0.1) is 6.92 Å². The third-order valence-electron chi connectivity index (χ3n) is 6.09. The molecule has 0 aliphatic carbocycles. The zero-order chi connectivity index (χ0) is 31.9. The lowest BCUT2D eigenvalue weighted by molar-refractivity contribution is -0.137. The fourth-order valence-electron chi connectivity index (χ4n) is 3.65. The third kappa shape index (κ3) is 12.2. The van der Waals surface area contributed by atoms with Crippen LogP contribution >= 0.6 is 0 Å². The van der Waals surface area contributed by atoms with Crippen molar-refractivity contribution >= 4 is 36.1 Å². The number of nitrogens with zero attached hydrogens (tertiary/aromatic N) is 2. The number of halogens is 3. The second-order valence-electron chi connectivity index (χ2n) is 9.40. The molecule has 1 aliphatic heterocycles. The Kier molecular flexibility index (Phi) is 15.1. The van der Waals surface area contributed by atoms with Gasteiger partial charge >= 0.3 is 6.18 Å². The Bertz CT molecular complexity index is 1180. The normalized spacial score (nSPS) is 16.5. The molecular formula is C29H40F3N7O3. The molecule has 0 bridgehead atoms. The number of likely N-dealkylation sites (tertiary alicyclic amines) is 1. The SMILES string of the molecule is C=Cc1cc(NC=O)cnc1C=C.CCNC(=O)C(N)CCC(=O)N1CC(N)C(N)C1.Cc1ccc(C(F)(F)F)cc1. The summed E-state index contributed by atoms with van der Waals surface area (Å²) >= 11 is 0. The lowest BCUT2D eigenvalue weighted by Crippen LogP contribution is -2.41. The zero-order valence-electron chi connectivity index (χ0n) is 23.9. The van der Waals surface area contributed by atoms with Crippen LogP contribution in [0.15, 0.2) is 49.7 Å². The van der Waals surface area contributed by atoms with E-state index in [1.54, 1.807) is 36.2 Å². The molecule has 0 spiro atoms. The van der Waals surface area contributed by atoms with Gasteiger partial charge in [0, 0.05) is 43.7 Å². The molecule has 1 fully saturated rings. The Morgan fingerprint density at radius 1 is 1.14 bits per heavy atom. The van der Waals surface area contributed by atoms with Gasteiger partial charge in [-0.25, -0.2) is 0 Å². The number of aryl methyl sites for hydroxylation is 1. The fraction of sp³-hybridized carbons (Fsp3) is 0.379. The summed E-state index contributed by atoms with van der Waals surface area (Å²) in [6.45, 7) is 12.3. The molecule has 230 valence electrons. The highest BCUT2D eigenvalue weighted by Gasteiger charge is 2.31. The van der Waals surface area contributed by atoms with Gasteiger partial charge in [-0.1, -0.05) is 36.9 Å². The summed E-state index contributed by atoms with van der Waals surface area (Å²) in [5, 5.41) is 5.13. The minimum atomic E-state index is -4.21. The summed E-state index contributed by atoms with van der Waals surface area (Å²) in [6, 6.07) is 5.87. The Labute approximate surface area is 244 Å². The van der Waals surface area contributed by atoms with Crippen LogP contribution in [-0.2, 0) is 20.6 Å². The summed E-state index contributed by atoms with van der Waals surface area (Å²) in [4.78, 5) is 39.1. The van der Waals surface area contributed by atoms with Crippen molar-refractivity contribution in [3.8, 4) is 0 Å². The number of amides is 3. The van der Waals surface area contributed by atoms with Crippen molar-refractivity contribution in [2.45, 2.75) is 51.0 Å². The van der Waals surface area contributed by atoms with E-state index in [1.165, 1.54) is 12.1 Å². The van der Waals surface area contributed by atoms with E-state index in [-0.39, 0.29) is 30.3 Å². The van der Waals surface area contributed by atoms with Crippen LogP contribution in [0.5, 0.6) is 0 Å². The fourth-order valence-corrected chi connectivity index (χ4v) is 3.65. The molecule has 2 aromatic rings. The Balaban J connectivity index is 0.000000326. The monoisotopic (exact) mass is 591 g/mol. The van der Waals surface area contributed by atoms with Crippen LogP contribution in [-0.4, -0.2) is 65.9 Å². The van der Waals surface area contributed by atoms with Crippen molar-refractivity contribution in [2.75, 3.05) is 25.0 Å². The van der Waals surface area contributed by atoms with Crippen LogP contribution in [0.1, 0.15) is 42.1 Å². The van der Waals surface area contributed by atoms with Crippen molar-refractivity contribution in [2.24, 2.45) is 17.2 Å². The van der Waals surface area contributed by atoms with Gasteiger partial charge in [0.05, 0.1) is 29.2 Å². The van der Waals surface area contributed by atoms with Gasteiger partial charge in [-0.15, -0.1) is 0 Å². The molecular weight excluding hydrogens is 551 g/mol. The van der Waals surface area contributed by atoms with Gasteiger partial charge in [-0.05, 0) is 44.5 Å². The summed E-state index contributed by atoms with van der Waals surface area (Å²) < 4.78 is 35.8. The highest BCUT2D eigenvalue weighted by atomic mass is 19.4. The van der Waals surface area contributed by atoms with E-state index in [0.29, 0.717) is 38.2 Å². The van der Waals surface area contributed by atoms with Crippen LogP contribution in [0.4, 0.5) is 18.9 Å². The van der Waals surface area contributed by atoms with E-state index in [4.69, 9.17) is 17.2 Å². The van der Waals surface area contributed by atoms with Crippen molar-refractivity contribution in [1.29, 1.82) is 0 Å². The maximum absolute atomic E-state index is 11.9. The minimum absolute atomic E-state index is 0.0434. The minimum Gasteiger partial charge on any atom is -0.355 e. The lowest BCUT2D eigenvalue weighted by atomic mass is 10.1. The van der Waals surface area contributed by atoms with Crippen LogP contribution < -0.4 is 27.8 Å². The number of anilines is 1. The zero-order valence-corrected chi connectivity index (χ0v) is 23.9. The number of likely N-dealkylation sites (N-methyl/N-ethyl adjacent to an activating group) is 1. The molecule has 1 aliphatic rings. The van der Waals surface area contributed by atoms with Gasteiger partial charge in [0.1, 0.15) is 0 Å². The van der Waals surface area contributed by atoms with Crippen molar-refractivity contribution < 1.29 is 27.6 Å². The first-order valence-corrected chi connectivity index (χ1v) is 13.2. The molecule has 8 N–H and O–H groups in total. The first kappa shape index (κ1) is 36.0. The van der Waals surface area contributed by atoms with E-state index in [1.807, 2.05) is 6.92 Å². The van der Waals surface area contributed by atoms with Gasteiger partial charge in [-0.3, -0.25) is 19.4 Å². The second-order valence-corrected chi connectivity index (χ2v) is 9.40. The quantitative estimate of drug-likeness (QED) is 0.279. The average molecular weight is 592 g/mol. The molecule has 1 aromatic carbocycles. The molecule has 3 rings (SSSR count). The number of hydrogen-bond acceptors (Lipinski definition) is 7. The number of alkyl halides is 3. The number of pyridine rings is 1. The third-order valence-corrected chi connectivity index (χ3v) is 6.09. The number of carbonyl (C=O) groups excluding carboxylic acids is 3. The van der Waals surface area contributed by atoms with Crippen LogP contribution in [0.3, 0.4) is 0 Å². The number of rotatable bonds is 9. The molecule has 2 heterocycles. The highest BCUT2D eigenvalue weighted by Crippen LogP contribution is 2.28. The number of nitrogens with two attached hydrogens (primary N) is 3. The molecule has 3 amide bonds. The van der Waals surface area contributed by atoms with E-state index in [9.17, 15) is 27.6 Å². The van der Waals surface area contributed by atoms with Crippen molar-refractivity contribution in [3.63, 3.8) is 0 Å². The van der Waals surface area contributed by atoms with Crippen LogP contribution in [0.25, 0.3) is 12.2 Å². The predicted octanol–water partition coefficient (Wildman–Crippen LogP) is 2.68. The Morgan fingerprint density at radius 3 is 2.21 bits per heavy atom. The Morgan fingerprint density at radius 2 is 1.74 bits per heavy atom. The molecule has 0 saturated carbocycles. The Hall–Kier alpha value is -4.07. The summed E-state index contributed by atoms with van der Waals surface area (Å²) in [7, 11) is 0. The van der Waals surface area contributed by atoms with Crippen LogP contribution in [0.2, 0.25) is 0 Å². The standard InChI is InChI=1S/C11H23N5O2.C10H10N2O.C8H7F3/c1-2-15-11(18)7(12)3-4-10(17)16-5-8(13)9(14)6-16;1-3-8-5-9(12-7-13)6-11-10(8)4-2;1-6-2-4-7(5-3-6)8(9,10)11/h7-9H,2-6,12-14H2,1H3,(H,15,18);3-7H,1-2H2,(H,12,13);2-5H,1H3. The van der Waals surface area contributed by atoms with Gasteiger partial charge in [-0.2, -0.15) is 13.2 Å². The van der Waals surface area contributed by atoms with Gasteiger partial charge in [0.15, 0.2) is 0 Å². The molecule has 3 atom stereocenters. The smallest absolute Gasteiger partial charge is 0.355 e. The lowest BCUT2D eigenvalue weighted by Gasteiger charge is -2.17. The number of benzene rings is 1. The maximum atomic E-state index is 11.9. The summed E-state index contributed by atoms with van der Waals surface area (Å²) in [5.41, 5.74) is 19.6. The molecule has 3 unspecified atom stereocenters. The molecule has 10 nitrogen and oxygen atoms in total. The van der Waals surface area contributed by atoms with E-state index >= 15 is 0 Å². The number of hydrogen-bond donors (Lipinski definition) is 5. The topological polar surface area (TPSA) is 169 Å². The van der Waals surface area contributed by atoms with E-state index < -0.39 is 17.8 Å². The second kappa shape index (κ2) is 17.7.